The molecule has 0 aliphatic heterocycles. The lowest BCUT2D eigenvalue weighted by molar-refractivity contribution is 0.102. The van der Waals surface area contributed by atoms with Gasteiger partial charge in [0.2, 0.25) is 5.82 Å². The van der Waals surface area contributed by atoms with Crippen LogP contribution in [0.1, 0.15) is 16.4 Å². The number of imidazole rings is 1. The van der Waals surface area contributed by atoms with Crippen LogP contribution in [0.15, 0.2) is 53.3 Å². The van der Waals surface area contributed by atoms with Crippen molar-refractivity contribution in [1.82, 2.24) is 19.5 Å². The summed E-state index contributed by atoms with van der Waals surface area (Å²) in [4.78, 5) is 20.7. The first-order valence-electron chi connectivity index (χ1n) is 8.50. The maximum absolute atomic E-state index is 14.3. The summed E-state index contributed by atoms with van der Waals surface area (Å²) >= 11 is 0. The molecule has 0 fully saturated rings. The van der Waals surface area contributed by atoms with E-state index in [1.807, 2.05) is 0 Å². The van der Waals surface area contributed by atoms with E-state index in [9.17, 15) is 17.6 Å². The number of amides is 1. The van der Waals surface area contributed by atoms with Crippen LogP contribution in [0.2, 0.25) is 0 Å². The fraction of sp³-hybridized carbons (Fsp3) is 0.111. The predicted octanol–water partition coefficient (Wildman–Crippen LogP) is 2.25. The zero-order valence-corrected chi connectivity index (χ0v) is 16.3. The van der Waals surface area contributed by atoms with Gasteiger partial charge in [0.15, 0.2) is 0 Å². The Balaban J connectivity index is 1.56. The van der Waals surface area contributed by atoms with Gasteiger partial charge in [0.25, 0.3) is 21.9 Å². The molecule has 0 bridgehead atoms. The number of rotatable bonds is 6. The number of carbonyl (C=O) groups excluding carboxylic acids is 1. The van der Waals surface area contributed by atoms with Crippen molar-refractivity contribution in [3.63, 3.8) is 0 Å². The molecular formula is C18H14FN5O5S. The summed E-state index contributed by atoms with van der Waals surface area (Å²) in [5.74, 6) is -1.21. The first-order valence-corrected chi connectivity index (χ1v) is 10.3. The quantitative estimate of drug-likeness (QED) is 0.460. The molecule has 0 unspecified atom stereocenters. The zero-order valence-electron chi connectivity index (χ0n) is 15.4. The number of hydrogen-bond acceptors (Lipinski definition) is 8. The van der Waals surface area contributed by atoms with Crippen LogP contribution in [0.5, 0.6) is 0 Å². The van der Waals surface area contributed by atoms with Gasteiger partial charge in [-0.3, -0.25) is 13.4 Å². The highest BCUT2D eigenvalue weighted by Gasteiger charge is 2.17. The van der Waals surface area contributed by atoms with Gasteiger partial charge in [-0.2, -0.15) is 13.4 Å². The van der Waals surface area contributed by atoms with Crippen LogP contribution in [-0.2, 0) is 20.9 Å². The second-order valence-electron chi connectivity index (χ2n) is 6.20. The lowest BCUT2D eigenvalue weighted by Gasteiger charge is -2.07. The fourth-order valence-electron chi connectivity index (χ4n) is 2.64. The van der Waals surface area contributed by atoms with Crippen molar-refractivity contribution >= 4 is 27.4 Å². The van der Waals surface area contributed by atoms with E-state index in [4.69, 9.17) is 4.52 Å². The molecule has 1 amide bonds. The number of aromatic nitrogens is 4. The second kappa shape index (κ2) is 7.65. The van der Waals surface area contributed by atoms with Gasteiger partial charge in [0.05, 0.1) is 18.1 Å². The molecule has 4 rings (SSSR count). The van der Waals surface area contributed by atoms with Crippen LogP contribution in [0, 0.1) is 5.82 Å². The molecule has 3 aromatic heterocycles. The van der Waals surface area contributed by atoms with Crippen LogP contribution in [0.4, 0.5) is 10.1 Å². The molecule has 0 saturated carbocycles. The lowest BCUT2D eigenvalue weighted by Crippen LogP contribution is -2.15. The molecule has 0 radical (unpaired) electrons. The topological polar surface area (TPSA) is 129 Å². The van der Waals surface area contributed by atoms with Crippen molar-refractivity contribution in [3.8, 4) is 11.4 Å². The zero-order chi connectivity index (χ0) is 21.3. The van der Waals surface area contributed by atoms with E-state index in [0.717, 1.165) is 12.3 Å². The van der Waals surface area contributed by atoms with Crippen molar-refractivity contribution in [3.05, 3.63) is 66.2 Å². The molecule has 0 atom stereocenters. The largest absolute Gasteiger partial charge is 0.336 e. The molecule has 10 nitrogen and oxygen atoms in total. The fourth-order valence-corrected chi connectivity index (χ4v) is 2.95. The Hall–Kier alpha value is -3.64. The third-order valence-electron chi connectivity index (χ3n) is 3.99. The monoisotopic (exact) mass is 431 g/mol. The SMILES string of the molecule is CS(=O)(=O)OCc1nc(-c2ccc(F)c(NC(=O)c3cnc4ccccn34)c2)no1. The van der Waals surface area contributed by atoms with Crippen LogP contribution in [0.25, 0.3) is 17.0 Å². The van der Waals surface area contributed by atoms with Gasteiger partial charge in [0.1, 0.15) is 23.8 Å². The number of nitrogens with zero attached hydrogens (tertiary/aromatic N) is 4. The smallest absolute Gasteiger partial charge is 0.274 e. The highest BCUT2D eigenvalue weighted by molar-refractivity contribution is 7.85. The Bertz CT molecular complexity index is 1350. The van der Waals surface area contributed by atoms with E-state index in [-0.39, 0.29) is 23.1 Å². The Kier molecular flexibility index (Phi) is 5.01. The summed E-state index contributed by atoms with van der Waals surface area (Å²) in [6.45, 7) is -0.426. The Labute approximate surface area is 169 Å². The number of carbonyl (C=O) groups is 1. The minimum Gasteiger partial charge on any atom is -0.336 e. The van der Waals surface area contributed by atoms with Gasteiger partial charge in [-0.15, -0.1) is 0 Å². The summed E-state index contributed by atoms with van der Waals surface area (Å²) in [6.07, 6.45) is 3.95. The van der Waals surface area contributed by atoms with Crippen molar-refractivity contribution < 1.29 is 26.3 Å². The van der Waals surface area contributed by atoms with Crippen LogP contribution in [0.3, 0.4) is 0 Å². The summed E-state index contributed by atoms with van der Waals surface area (Å²) in [7, 11) is -3.67. The van der Waals surface area contributed by atoms with E-state index < -0.39 is 28.4 Å². The maximum atomic E-state index is 14.3. The summed E-state index contributed by atoms with van der Waals surface area (Å²) < 4.78 is 47.5. The molecule has 30 heavy (non-hydrogen) atoms. The van der Waals surface area contributed by atoms with Gasteiger partial charge in [0, 0.05) is 11.8 Å². The summed E-state index contributed by atoms with van der Waals surface area (Å²) in [5, 5.41) is 6.22. The van der Waals surface area contributed by atoms with Gasteiger partial charge < -0.3 is 9.84 Å². The third kappa shape index (κ3) is 4.18. The summed E-state index contributed by atoms with van der Waals surface area (Å²) in [6, 6.07) is 9.14. The molecule has 4 aromatic rings. The lowest BCUT2D eigenvalue weighted by atomic mass is 10.2. The molecule has 12 heteroatoms. The van der Waals surface area contributed by atoms with Crippen molar-refractivity contribution in [2.75, 3.05) is 11.6 Å². The highest BCUT2D eigenvalue weighted by atomic mass is 32.2. The molecular weight excluding hydrogens is 417 g/mol. The van der Waals surface area contributed by atoms with Gasteiger partial charge >= 0.3 is 0 Å². The summed E-state index contributed by atoms with van der Waals surface area (Å²) in [5.41, 5.74) is 1.06. The number of fused-ring (bicyclic) bond motifs is 1. The van der Waals surface area contributed by atoms with E-state index in [2.05, 4.69) is 24.6 Å². The number of halogens is 1. The normalized spacial score (nSPS) is 11.7. The van der Waals surface area contributed by atoms with E-state index in [1.54, 1.807) is 28.8 Å². The minimum atomic E-state index is -3.67. The van der Waals surface area contributed by atoms with Crippen LogP contribution >= 0.6 is 0 Å². The number of anilines is 1. The Morgan fingerprint density at radius 1 is 1.30 bits per heavy atom. The van der Waals surface area contributed by atoms with Gasteiger partial charge in [-0.25, -0.2) is 9.37 Å². The first-order chi connectivity index (χ1) is 14.3. The molecule has 3 heterocycles. The number of nitrogens with one attached hydrogen (secondary N) is 1. The second-order valence-corrected chi connectivity index (χ2v) is 7.84. The third-order valence-corrected chi connectivity index (χ3v) is 4.53. The van der Waals surface area contributed by atoms with Gasteiger partial charge in [-0.05, 0) is 30.3 Å². The molecule has 154 valence electrons. The van der Waals surface area contributed by atoms with E-state index in [1.165, 1.54) is 18.3 Å². The molecule has 0 spiro atoms. The van der Waals surface area contributed by atoms with Crippen molar-refractivity contribution in [2.45, 2.75) is 6.61 Å². The Morgan fingerprint density at radius 3 is 2.93 bits per heavy atom. The number of pyridine rings is 1. The average molecular weight is 431 g/mol. The standard InChI is InChI=1S/C18H14FN5O5S/c1-30(26,27)28-10-16-22-17(23-29-16)11-5-6-12(19)13(8-11)21-18(25)14-9-20-15-4-2-3-7-24(14)15/h2-9H,10H2,1H3,(H,21,25). The molecule has 1 aromatic carbocycles. The minimum absolute atomic E-state index is 0.0731. The molecule has 0 saturated heterocycles. The van der Waals surface area contributed by atoms with Crippen LogP contribution < -0.4 is 5.32 Å². The highest BCUT2D eigenvalue weighted by Crippen LogP contribution is 2.24. The Morgan fingerprint density at radius 2 is 2.13 bits per heavy atom. The first kappa shape index (κ1) is 19.7. The molecule has 0 aliphatic rings. The average Bonchev–Trinajstić information content (AvgIpc) is 3.34. The van der Waals surface area contributed by atoms with Crippen molar-refractivity contribution in [2.24, 2.45) is 0 Å². The van der Waals surface area contributed by atoms with E-state index >= 15 is 0 Å². The van der Waals surface area contributed by atoms with Crippen LogP contribution in [-0.4, -0.2) is 40.1 Å². The number of benzene rings is 1. The van der Waals surface area contributed by atoms with E-state index in [0.29, 0.717) is 11.2 Å². The molecule has 0 aliphatic carbocycles. The molecule has 1 N–H and O–H groups in total. The van der Waals surface area contributed by atoms with Crippen molar-refractivity contribution in [1.29, 1.82) is 0 Å². The number of hydrogen-bond donors (Lipinski definition) is 1. The van der Waals surface area contributed by atoms with Gasteiger partial charge in [-0.1, -0.05) is 11.2 Å². The maximum Gasteiger partial charge on any atom is 0.274 e. The predicted molar refractivity (Wildman–Crippen MR) is 102 cm³/mol.